The number of halogens is 1. The predicted octanol–water partition coefficient (Wildman–Crippen LogP) is 1.73. The van der Waals surface area contributed by atoms with Crippen LogP contribution in [0.2, 0.25) is 0 Å². The van der Waals surface area contributed by atoms with E-state index in [9.17, 15) is 12.8 Å². The monoisotopic (exact) mass is 391 g/mol. The number of sulfonamides is 1. The zero-order chi connectivity index (χ0) is 18.9. The van der Waals surface area contributed by atoms with E-state index in [1.807, 2.05) is 6.07 Å². The third-order valence-corrected chi connectivity index (χ3v) is 6.91. The number of hydrogen-bond donors (Lipinski definition) is 0. The highest BCUT2D eigenvalue weighted by molar-refractivity contribution is 7.89. The summed E-state index contributed by atoms with van der Waals surface area (Å²) in [5.74, 6) is 1.000. The third kappa shape index (κ3) is 3.74. The third-order valence-electron chi connectivity index (χ3n) is 5.01. The Hall–Kier alpha value is -2.26. The van der Waals surface area contributed by atoms with Gasteiger partial charge in [0.2, 0.25) is 16.0 Å². The van der Waals surface area contributed by atoms with E-state index in [4.69, 9.17) is 0 Å². The molecule has 4 rings (SSSR count). The fourth-order valence-electron chi connectivity index (χ4n) is 3.52. The summed E-state index contributed by atoms with van der Waals surface area (Å²) < 4.78 is 40.2. The van der Waals surface area contributed by atoms with Gasteiger partial charge in [-0.3, -0.25) is 0 Å². The standard InChI is InChI=1S/C18H22FN5O2S/c19-15-4-3-5-16(14-15)27(25,26)24-12-10-22(11-13-24)17-6-7-20-18(21-17)23-8-1-2-9-23/h3-7,14H,1-2,8-13H2. The van der Waals surface area contributed by atoms with E-state index < -0.39 is 15.8 Å². The molecule has 0 atom stereocenters. The summed E-state index contributed by atoms with van der Waals surface area (Å²) in [6, 6.07) is 7.01. The number of aromatic nitrogens is 2. The van der Waals surface area contributed by atoms with Gasteiger partial charge in [-0.15, -0.1) is 0 Å². The second kappa shape index (κ2) is 7.40. The summed E-state index contributed by atoms with van der Waals surface area (Å²) in [7, 11) is -3.69. The highest BCUT2D eigenvalue weighted by Crippen LogP contribution is 2.22. The maximum absolute atomic E-state index is 13.4. The lowest BCUT2D eigenvalue weighted by Gasteiger charge is -2.34. The Morgan fingerprint density at radius 2 is 1.67 bits per heavy atom. The lowest BCUT2D eigenvalue weighted by molar-refractivity contribution is 0.383. The van der Waals surface area contributed by atoms with Crippen LogP contribution in [0.5, 0.6) is 0 Å². The number of anilines is 2. The van der Waals surface area contributed by atoms with Crippen LogP contribution in [-0.4, -0.2) is 62.0 Å². The van der Waals surface area contributed by atoms with Crippen molar-refractivity contribution in [2.24, 2.45) is 0 Å². The van der Waals surface area contributed by atoms with E-state index in [0.717, 1.165) is 43.8 Å². The maximum Gasteiger partial charge on any atom is 0.243 e. The van der Waals surface area contributed by atoms with Crippen LogP contribution in [0.1, 0.15) is 12.8 Å². The van der Waals surface area contributed by atoms with E-state index >= 15 is 0 Å². The highest BCUT2D eigenvalue weighted by Gasteiger charge is 2.29. The van der Waals surface area contributed by atoms with Gasteiger partial charge in [0, 0.05) is 45.5 Å². The molecule has 3 heterocycles. The normalized spacial score (nSPS) is 18.9. The van der Waals surface area contributed by atoms with Crippen molar-refractivity contribution in [2.75, 3.05) is 49.1 Å². The molecule has 0 radical (unpaired) electrons. The van der Waals surface area contributed by atoms with Crippen LogP contribution in [-0.2, 0) is 10.0 Å². The van der Waals surface area contributed by atoms with Gasteiger partial charge in [0.1, 0.15) is 11.6 Å². The fraction of sp³-hybridized carbons (Fsp3) is 0.444. The van der Waals surface area contributed by atoms with Crippen molar-refractivity contribution >= 4 is 21.8 Å². The van der Waals surface area contributed by atoms with E-state index in [1.54, 1.807) is 6.20 Å². The van der Waals surface area contributed by atoms with Gasteiger partial charge in [-0.05, 0) is 37.1 Å². The van der Waals surface area contributed by atoms with Gasteiger partial charge in [0.15, 0.2) is 0 Å². The average molecular weight is 391 g/mol. The topological polar surface area (TPSA) is 69.6 Å². The molecule has 0 spiro atoms. The summed E-state index contributed by atoms with van der Waals surface area (Å²) in [4.78, 5) is 13.3. The summed E-state index contributed by atoms with van der Waals surface area (Å²) in [6.07, 6.45) is 4.07. The Kier molecular flexibility index (Phi) is 4.96. The molecular weight excluding hydrogens is 369 g/mol. The van der Waals surface area contributed by atoms with E-state index in [2.05, 4.69) is 19.8 Å². The first-order valence-corrected chi connectivity index (χ1v) is 10.6. The first-order chi connectivity index (χ1) is 13.0. The van der Waals surface area contributed by atoms with Crippen LogP contribution >= 0.6 is 0 Å². The minimum absolute atomic E-state index is 0.00527. The molecule has 2 saturated heterocycles. The van der Waals surface area contributed by atoms with Crippen LogP contribution in [0.15, 0.2) is 41.4 Å². The molecule has 2 fully saturated rings. The maximum atomic E-state index is 13.4. The lowest BCUT2D eigenvalue weighted by Crippen LogP contribution is -2.49. The van der Waals surface area contributed by atoms with Crippen molar-refractivity contribution in [1.82, 2.24) is 14.3 Å². The van der Waals surface area contributed by atoms with Crippen molar-refractivity contribution in [1.29, 1.82) is 0 Å². The van der Waals surface area contributed by atoms with Gasteiger partial charge in [0.25, 0.3) is 0 Å². The van der Waals surface area contributed by atoms with Gasteiger partial charge in [-0.2, -0.15) is 9.29 Å². The predicted molar refractivity (Wildman–Crippen MR) is 101 cm³/mol. The van der Waals surface area contributed by atoms with Crippen LogP contribution in [0.4, 0.5) is 16.2 Å². The van der Waals surface area contributed by atoms with Gasteiger partial charge in [-0.25, -0.2) is 17.8 Å². The Morgan fingerprint density at radius 3 is 2.37 bits per heavy atom. The van der Waals surface area contributed by atoms with E-state index in [0.29, 0.717) is 26.2 Å². The van der Waals surface area contributed by atoms with Gasteiger partial charge in [0.05, 0.1) is 4.90 Å². The minimum atomic E-state index is -3.69. The Morgan fingerprint density at radius 1 is 0.926 bits per heavy atom. The minimum Gasteiger partial charge on any atom is -0.354 e. The van der Waals surface area contributed by atoms with E-state index in [-0.39, 0.29) is 4.90 Å². The van der Waals surface area contributed by atoms with Crippen molar-refractivity contribution in [3.8, 4) is 0 Å². The molecule has 2 aliphatic heterocycles. The SMILES string of the molecule is O=S(=O)(c1cccc(F)c1)N1CCN(c2ccnc(N3CCCC3)n2)CC1. The van der Waals surface area contributed by atoms with Gasteiger partial charge >= 0.3 is 0 Å². The number of nitrogens with zero attached hydrogens (tertiary/aromatic N) is 5. The first-order valence-electron chi connectivity index (χ1n) is 9.13. The lowest BCUT2D eigenvalue weighted by atomic mass is 10.3. The summed E-state index contributed by atoms with van der Waals surface area (Å²) in [5, 5.41) is 0. The molecule has 0 bridgehead atoms. The number of hydrogen-bond acceptors (Lipinski definition) is 6. The van der Waals surface area contributed by atoms with Crippen molar-refractivity contribution in [2.45, 2.75) is 17.7 Å². The largest absolute Gasteiger partial charge is 0.354 e. The second-order valence-electron chi connectivity index (χ2n) is 6.76. The molecule has 0 unspecified atom stereocenters. The molecule has 0 saturated carbocycles. The molecule has 144 valence electrons. The second-order valence-corrected chi connectivity index (χ2v) is 8.70. The molecule has 2 aliphatic rings. The molecule has 7 nitrogen and oxygen atoms in total. The van der Waals surface area contributed by atoms with Crippen molar-refractivity contribution in [3.05, 3.63) is 42.3 Å². The summed E-state index contributed by atoms with van der Waals surface area (Å²) >= 11 is 0. The fourth-order valence-corrected chi connectivity index (χ4v) is 4.97. The van der Waals surface area contributed by atoms with Crippen LogP contribution < -0.4 is 9.80 Å². The Bertz CT molecular complexity index is 909. The Balaban J connectivity index is 1.45. The molecule has 1 aromatic carbocycles. The quantitative estimate of drug-likeness (QED) is 0.791. The van der Waals surface area contributed by atoms with E-state index in [1.165, 1.54) is 22.5 Å². The molecule has 9 heteroatoms. The summed E-state index contributed by atoms with van der Waals surface area (Å²) in [5.41, 5.74) is 0. The van der Waals surface area contributed by atoms with Crippen molar-refractivity contribution in [3.63, 3.8) is 0 Å². The summed E-state index contributed by atoms with van der Waals surface area (Å²) in [6.45, 7) is 3.69. The van der Waals surface area contributed by atoms with Crippen LogP contribution in [0.3, 0.4) is 0 Å². The van der Waals surface area contributed by atoms with Gasteiger partial charge < -0.3 is 9.80 Å². The number of piperazine rings is 1. The van der Waals surface area contributed by atoms with Gasteiger partial charge in [-0.1, -0.05) is 6.07 Å². The number of benzene rings is 1. The molecule has 0 N–H and O–H groups in total. The average Bonchev–Trinajstić information content (AvgIpc) is 3.23. The zero-order valence-corrected chi connectivity index (χ0v) is 15.8. The Labute approximate surface area is 158 Å². The highest BCUT2D eigenvalue weighted by atomic mass is 32.2. The molecule has 1 aromatic heterocycles. The van der Waals surface area contributed by atoms with Crippen LogP contribution in [0, 0.1) is 5.82 Å². The molecule has 2 aromatic rings. The molecule has 27 heavy (non-hydrogen) atoms. The molecule has 0 aliphatic carbocycles. The number of rotatable bonds is 4. The first kappa shape index (κ1) is 18.1. The zero-order valence-electron chi connectivity index (χ0n) is 15.0. The molecular formula is C18H22FN5O2S. The molecule has 0 amide bonds. The smallest absolute Gasteiger partial charge is 0.243 e. The van der Waals surface area contributed by atoms with Crippen molar-refractivity contribution < 1.29 is 12.8 Å². The van der Waals surface area contributed by atoms with Crippen LogP contribution in [0.25, 0.3) is 0 Å².